The van der Waals surface area contributed by atoms with E-state index >= 15 is 0 Å². The zero-order chi connectivity index (χ0) is 26.4. The van der Waals surface area contributed by atoms with Gasteiger partial charge in [0.15, 0.2) is 11.0 Å². The number of anilines is 1. The first-order valence-corrected chi connectivity index (χ1v) is 13.7. The standard InChI is InChI=1S/C26H28N6O3S2/c1-4-13-32-23(16(2)28-24(34)17-9-11-18(35-3)12-10-17)30-31-26(32)36-15-22(33)29-25-20(14-27)19-7-5-6-8-21(19)37-25/h4,9-12,16H,1,5-8,13,15H2,2-3H3,(H,28,34)(H,29,33)/t16-/m1/s1. The lowest BCUT2D eigenvalue weighted by molar-refractivity contribution is -0.113. The van der Waals surface area contributed by atoms with Crippen molar-refractivity contribution in [2.24, 2.45) is 0 Å². The number of hydrogen-bond donors (Lipinski definition) is 2. The van der Waals surface area contributed by atoms with Crippen molar-refractivity contribution in [1.29, 1.82) is 5.26 Å². The number of hydrogen-bond acceptors (Lipinski definition) is 8. The molecule has 192 valence electrons. The van der Waals surface area contributed by atoms with E-state index in [0.29, 0.717) is 39.4 Å². The number of thioether (sulfide) groups is 1. The van der Waals surface area contributed by atoms with Crippen molar-refractivity contribution in [3.63, 3.8) is 0 Å². The van der Waals surface area contributed by atoms with Crippen LogP contribution in [0.2, 0.25) is 0 Å². The molecule has 11 heteroatoms. The number of carbonyl (C=O) groups is 2. The van der Waals surface area contributed by atoms with Crippen LogP contribution in [0, 0.1) is 11.3 Å². The monoisotopic (exact) mass is 536 g/mol. The van der Waals surface area contributed by atoms with E-state index < -0.39 is 6.04 Å². The Morgan fingerprint density at radius 3 is 2.76 bits per heavy atom. The number of aromatic nitrogens is 3. The third kappa shape index (κ3) is 6.03. The van der Waals surface area contributed by atoms with Gasteiger partial charge in [-0.25, -0.2) is 0 Å². The highest BCUT2D eigenvalue weighted by molar-refractivity contribution is 7.99. The fourth-order valence-electron chi connectivity index (χ4n) is 4.18. The van der Waals surface area contributed by atoms with Gasteiger partial charge in [-0.3, -0.25) is 9.59 Å². The van der Waals surface area contributed by atoms with E-state index in [1.54, 1.807) is 37.5 Å². The first-order chi connectivity index (χ1) is 17.9. The summed E-state index contributed by atoms with van der Waals surface area (Å²) in [4.78, 5) is 26.7. The van der Waals surface area contributed by atoms with Crippen molar-refractivity contribution in [2.45, 2.75) is 50.4 Å². The molecular weight excluding hydrogens is 508 g/mol. The molecule has 0 saturated carbocycles. The molecule has 4 rings (SSSR count). The zero-order valence-electron chi connectivity index (χ0n) is 20.7. The van der Waals surface area contributed by atoms with E-state index in [1.807, 2.05) is 11.5 Å². The van der Waals surface area contributed by atoms with E-state index in [0.717, 1.165) is 31.2 Å². The second kappa shape index (κ2) is 12.1. The lowest BCUT2D eigenvalue weighted by Gasteiger charge is -2.15. The van der Waals surface area contributed by atoms with Crippen LogP contribution >= 0.6 is 23.1 Å². The maximum atomic E-state index is 12.7. The Morgan fingerprint density at radius 1 is 1.30 bits per heavy atom. The summed E-state index contributed by atoms with van der Waals surface area (Å²) in [5.74, 6) is 0.875. The summed E-state index contributed by atoms with van der Waals surface area (Å²) < 4.78 is 6.97. The van der Waals surface area contributed by atoms with Crippen molar-refractivity contribution in [2.75, 3.05) is 18.2 Å². The van der Waals surface area contributed by atoms with E-state index in [2.05, 4.69) is 33.5 Å². The largest absolute Gasteiger partial charge is 0.497 e. The predicted octanol–water partition coefficient (Wildman–Crippen LogP) is 4.51. The smallest absolute Gasteiger partial charge is 0.251 e. The number of nitrogens with zero attached hydrogens (tertiary/aromatic N) is 4. The maximum absolute atomic E-state index is 12.7. The molecule has 2 aromatic heterocycles. The van der Waals surface area contributed by atoms with Gasteiger partial charge in [-0.2, -0.15) is 5.26 Å². The maximum Gasteiger partial charge on any atom is 0.251 e. The number of rotatable bonds is 10. The van der Waals surface area contributed by atoms with Crippen molar-refractivity contribution < 1.29 is 14.3 Å². The molecule has 9 nitrogen and oxygen atoms in total. The number of methoxy groups -OCH3 is 1. The number of ether oxygens (including phenoxy) is 1. The quantitative estimate of drug-likeness (QED) is 0.289. The number of amides is 2. The lowest BCUT2D eigenvalue weighted by atomic mass is 9.96. The van der Waals surface area contributed by atoms with Crippen LogP contribution in [0.15, 0.2) is 42.1 Å². The Balaban J connectivity index is 1.41. The van der Waals surface area contributed by atoms with Crippen LogP contribution in [0.1, 0.15) is 58.0 Å². The van der Waals surface area contributed by atoms with Gasteiger partial charge in [0, 0.05) is 17.0 Å². The Bertz CT molecular complexity index is 1340. The van der Waals surface area contributed by atoms with Crippen molar-refractivity contribution in [3.8, 4) is 11.8 Å². The minimum Gasteiger partial charge on any atom is -0.497 e. The van der Waals surface area contributed by atoms with Crippen molar-refractivity contribution in [1.82, 2.24) is 20.1 Å². The molecule has 3 aromatic rings. The van der Waals surface area contributed by atoms with Gasteiger partial charge < -0.3 is 19.9 Å². The molecule has 0 spiro atoms. The van der Waals surface area contributed by atoms with Crippen LogP contribution in [-0.2, 0) is 24.2 Å². The zero-order valence-corrected chi connectivity index (χ0v) is 22.4. The normalized spacial score (nSPS) is 13.2. The second-order valence-electron chi connectivity index (χ2n) is 8.53. The summed E-state index contributed by atoms with van der Waals surface area (Å²) in [5, 5.41) is 25.2. The highest BCUT2D eigenvalue weighted by Crippen LogP contribution is 2.37. The van der Waals surface area contributed by atoms with Gasteiger partial charge in [-0.05, 0) is 62.4 Å². The van der Waals surface area contributed by atoms with E-state index in [-0.39, 0.29) is 17.6 Å². The minimum absolute atomic E-state index is 0.106. The molecule has 0 radical (unpaired) electrons. The first-order valence-electron chi connectivity index (χ1n) is 11.9. The fourth-order valence-corrected chi connectivity index (χ4v) is 6.19. The number of nitrogens with one attached hydrogen (secondary N) is 2. The summed E-state index contributed by atoms with van der Waals surface area (Å²) >= 11 is 2.75. The van der Waals surface area contributed by atoms with Crippen LogP contribution in [0.5, 0.6) is 5.75 Å². The van der Waals surface area contributed by atoms with Gasteiger partial charge in [0.2, 0.25) is 5.91 Å². The molecule has 0 aliphatic heterocycles. The molecule has 0 saturated heterocycles. The average molecular weight is 537 g/mol. The Labute approximate surface area is 223 Å². The predicted molar refractivity (Wildman–Crippen MR) is 144 cm³/mol. The summed E-state index contributed by atoms with van der Waals surface area (Å²) in [5.41, 5.74) is 2.18. The summed E-state index contributed by atoms with van der Waals surface area (Å²) in [6.07, 6.45) is 5.74. The van der Waals surface area contributed by atoms with Crippen LogP contribution in [0.3, 0.4) is 0 Å². The van der Waals surface area contributed by atoms with Gasteiger partial charge in [0.05, 0.1) is 24.5 Å². The third-order valence-electron chi connectivity index (χ3n) is 6.01. The molecule has 1 aliphatic carbocycles. The topological polar surface area (TPSA) is 122 Å². The molecule has 2 heterocycles. The van der Waals surface area contributed by atoms with E-state index in [1.165, 1.54) is 28.0 Å². The molecular formula is C26H28N6O3S2. The van der Waals surface area contributed by atoms with Gasteiger partial charge >= 0.3 is 0 Å². The van der Waals surface area contributed by atoms with Crippen LogP contribution in [0.4, 0.5) is 5.00 Å². The Kier molecular flexibility index (Phi) is 8.63. The molecule has 1 aromatic carbocycles. The van der Waals surface area contributed by atoms with Crippen LogP contribution in [0.25, 0.3) is 0 Å². The van der Waals surface area contributed by atoms with Gasteiger partial charge in [-0.15, -0.1) is 28.1 Å². The molecule has 1 aliphatic rings. The number of allylic oxidation sites excluding steroid dienone is 1. The average Bonchev–Trinajstić information content (AvgIpc) is 3.48. The number of benzene rings is 1. The van der Waals surface area contributed by atoms with Crippen LogP contribution < -0.4 is 15.4 Å². The van der Waals surface area contributed by atoms with Crippen LogP contribution in [-0.4, -0.2) is 39.4 Å². The highest BCUT2D eigenvalue weighted by atomic mass is 32.2. The van der Waals surface area contributed by atoms with E-state index in [9.17, 15) is 14.9 Å². The SMILES string of the molecule is C=CCn1c(SCC(=O)Nc2sc3c(c2C#N)CCCC3)nnc1[C@@H](C)NC(=O)c1ccc(OC)cc1. The summed E-state index contributed by atoms with van der Waals surface area (Å²) in [6, 6.07) is 8.67. The first kappa shape index (κ1) is 26.4. The molecule has 37 heavy (non-hydrogen) atoms. The Hall–Kier alpha value is -3.62. The number of carbonyl (C=O) groups excluding carboxylic acids is 2. The van der Waals surface area contributed by atoms with E-state index in [4.69, 9.17) is 4.74 Å². The molecule has 2 N–H and O–H groups in total. The van der Waals surface area contributed by atoms with Crippen molar-refractivity contribution >= 4 is 39.9 Å². The molecule has 1 atom stereocenters. The van der Waals surface area contributed by atoms with Gasteiger partial charge in [0.1, 0.15) is 16.8 Å². The molecule has 0 unspecified atom stereocenters. The van der Waals surface area contributed by atoms with Crippen molar-refractivity contribution in [3.05, 3.63) is 64.3 Å². The molecule has 2 amide bonds. The molecule has 0 fully saturated rings. The summed E-state index contributed by atoms with van der Waals surface area (Å²) in [7, 11) is 1.57. The number of nitriles is 1. The fraction of sp³-hybridized carbons (Fsp3) is 0.346. The lowest BCUT2D eigenvalue weighted by Crippen LogP contribution is -2.28. The number of thiophene rings is 1. The number of fused-ring (bicyclic) bond motifs is 1. The highest BCUT2D eigenvalue weighted by Gasteiger charge is 2.23. The van der Waals surface area contributed by atoms with Gasteiger partial charge in [0.25, 0.3) is 5.91 Å². The molecule has 0 bridgehead atoms. The minimum atomic E-state index is -0.430. The van der Waals surface area contributed by atoms with Gasteiger partial charge in [-0.1, -0.05) is 17.8 Å². The second-order valence-corrected chi connectivity index (χ2v) is 10.6. The number of aryl methyl sites for hydroxylation is 1. The Morgan fingerprint density at radius 2 is 2.05 bits per heavy atom. The summed E-state index contributed by atoms with van der Waals surface area (Å²) in [6.45, 7) is 6.06. The third-order valence-corrected chi connectivity index (χ3v) is 8.19.